The lowest BCUT2D eigenvalue weighted by Gasteiger charge is -1.97. The first-order valence-corrected chi connectivity index (χ1v) is 5.22. The highest BCUT2D eigenvalue weighted by Crippen LogP contribution is 2.31. The Morgan fingerprint density at radius 1 is 1.06 bits per heavy atom. The van der Waals surface area contributed by atoms with Crippen LogP contribution in [-0.4, -0.2) is 7.11 Å². The van der Waals surface area contributed by atoms with Crippen LogP contribution in [0.4, 0.5) is 0 Å². The zero-order valence-electron chi connectivity index (χ0n) is 9.23. The van der Waals surface area contributed by atoms with E-state index in [0.717, 1.165) is 27.7 Å². The summed E-state index contributed by atoms with van der Waals surface area (Å²) in [5, 5.41) is 10.8. The van der Waals surface area contributed by atoms with Gasteiger partial charge in [-0.2, -0.15) is 5.26 Å². The van der Waals surface area contributed by atoms with Gasteiger partial charge in [0.05, 0.1) is 18.7 Å². The molecule has 0 aliphatic rings. The Balaban J connectivity index is 2.39. The second kappa shape index (κ2) is 3.53. The van der Waals surface area contributed by atoms with Gasteiger partial charge in [-0.3, -0.25) is 0 Å². The Morgan fingerprint density at radius 2 is 1.94 bits per heavy atom. The van der Waals surface area contributed by atoms with Crippen LogP contribution in [-0.2, 0) is 0 Å². The van der Waals surface area contributed by atoms with E-state index < -0.39 is 0 Å². The molecule has 0 spiro atoms. The average Bonchev–Trinajstić information content (AvgIpc) is 2.74. The third-order valence-corrected chi connectivity index (χ3v) is 2.81. The van der Waals surface area contributed by atoms with Crippen molar-refractivity contribution in [2.24, 2.45) is 0 Å². The number of methoxy groups -OCH3 is 1. The molecule has 0 saturated carbocycles. The first kappa shape index (κ1) is 9.73. The minimum absolute atomic E-state index is 0.635. The molecule has 0 amide bonds. The number of benzene rings is 2. The summed E-state index contributed by atoms with van der Waals surface area (Å²) in [6.07, 6.45) is 0. The number of ether oxygens (including phenoxy) is 1. The molecule has 3 nitrogen and oxygen atoms in total. The molecule has 82 valence electrons. The maximum atomic E-state index is 8.89. The SMILES string of the molecule is COc1ccc2c(c1)oc1ccc(C#N)cc12. The molecule has 1 heterocycles. The van der Waals surface area contributed by atoms with Gasteiger partial charge in [-0.25, -0.2) is 0 Å². The molecule has 0 aliphatic carbocycles. The van der Waals surface area contributed by atoms with Crippen LogP contribution >= 0.6 is 0 Å². The third kappa shape index (κ3) is 1.42. The predicted molar refractivity (Wildman–Crippen MR) is 65.0 cm³/mol. The number of hydrogen-bond donors (Lipinski definition) is 0. The first-order valence-electron chi connectivity index (χ1n) is 5.22. The zero-order chi connectivity index (χ0) is 11.8. The van der Waals surface area contributed by atoms with Crippen LogP contribution in [0.2, 0.25) is 0 Å². The lowest BCUT2D eigenvalue weighted by atomic mass is 10.1. The van der Waals surface area contributed by atoms with E-state index in [1.165, 1.54) is 0 Å². The molecular weight excluding hydrogens is 214 g/mol. The summed E-state index contributed by atoms with van der Waals surface area (Å²) in [6, 6.07) is 13.2. The van der Waals surface area contributed by atoms with Gasteiger partial charge in [0.2, 0.25) is 0 Å². The van der Waals surface area contributed by atoms with Gasteiger partial charge in [0.25, 0.3) is 0 Å². The van der Waals surface area contributed by atoms with Crippen molar-refractivity contribution < 1.29 is 9.15 Å². The van der Waals surface area contributed by atoms with E-state index in [9.17, 15) is 0 Å². The normalized spacial score (nSPS) is 10.6. The number of nitriles is 1. The minimum Gasteiger partial charge on any atom is -0.497 e. The van der Waals surface area contributed by atoms with Gasteiger partial charge in [0.1, 0.15) is 16.9 Å². The Labute approximate surface area is 97.8 Å². The van der Waals surface area contributed by atoms with Crippen molar-refractivity contribution >= 4 is 21.9 Å². The van der Waals surface area contributed by atoms with Gasteiger partial charge in [-0.1, -0.05) is 0 Å². The fourth-order valence-electron chi connectivity index (χ4n) is 1.95. The van der Waals surface area contributed by atoms with Crippen LogP contribution in [0.3, 0.4) is 0 Å². The number of nitrogens with zero attached hydrogens (tertiary/aromatic N) is 1. The van der Waals surface area contributed by atoms with Gasteiger partial charge >= 0.3 is 0 Å². The molecule has 0 atom stereocenters. The molecule has 0 N–H and O–H groups in total. The fourth-order valence-corrected chi connectivity index (χ4v) is 1.95. The highest BCUT2D eigenvalue weighted by molar-refractivity contribution is 6.05. The predicted octanol–water partition coefficient (Wildman–Crippen LogP) is 3.47. The van der Waals surface area contributed by atoms with E-state index >= 15 is 0 Å². The van der Waals surface area contributed by atoms with Crippen molar-refractivity contribution in [3.05, 3.63) is 42.0 Å². The lowest BCUT2D eigenvalue weighted by Crippen LogP contribution is -1.80. The molecule has 17 heavy (non-hydrogen) atoms. The summed E-state index contributed by atoms with van der Waals surface area (Å²) in [5.41, 5.74) is 2.19. The molecule has 0 fully saturated rings. The molecular formula is C14H9NO2. The Kier molecular flexibility index (Phi) is 2.02. The van der Waals surface area contributed by atoms with Crippen molar-refractivity contribution in [3.63, 3.8) is 0 Å². The van der Waals surface area contributed by atoms with Gasteiger partial charge in [0.15, 0.2) is 0 Å². The quantitative estimate of drug-likeness (QED) is 0.634. The van der Waals surface area contributed by atoms with Gasteiger partial charge in [0, 0.05) is 16.8 Å². The van der Waals surface area contributed by atoms with Crippen molar-refractivity contribution in [1.29, 1.82) is 5.26 Å². The zero-order valence-corrected chi connectivity index (χ0v) is 9.23. The standard InChI is InChI=1S/C14H9NO2/c1-16-10-3-4-11-12-6-9(8-15)2-5-13(12)17-14(11)7-10/h2-7H,1H3. The molecule has 0 unspecified atom stereocenters. The summed E-state index contributed by atoms with van der Waals surface area (Å²) in [4.78, 5) is 0. The Hall–Kier alpha value is -2.47. The lowest BCUT2D eigenvalue weighted by molar-refractivity contribution is 0.414. The molecule has 0 radical (unpaired) electrons. The summed E-state index contributed by atoms with van der Waals surface area (Å²) < 4.78 is 10.9. The van der Waals surface area contributed by atoms with E-state index in [0.29, 0.717) is 5.56 Å². The van der Waals surface area contributed by atoms with Gasteiger partial charge in [-0.05, 0) is 30.3 Å². The summed E-state index contributed by atoms with van der Waals surface area (Å²) in [5.74, 6) is 0.761. The first-order chi connectivity index (χ1) is 8.31. The highest BCUT2D eigenvalue weighted by atomic mass is 16.5. The Morgan fingerprint density at radius 3 is 2.71 bits per heavy atom. The number of fused-ring (bicyclic) bond motifs is 3. The monoisotopic (exact) mass is 223 g/mol. The fraction of sp³-hybridized carbons (Fsp3) is 0.0714. The number of furan rings is 1. The van der Waals surface area contributed by atoms with Crippen molar-refractivity contribution in [1.82, 2.24) is 0 Å². The van der Waals surface area contributed by atoms with Crippen LogP contribution in [0.5, 0.6) is 5.75 Å². The van der Waals surface area contributed by atoms with Crippen molar-refractivity contribution in [2.75, 3.05) is 7.11 Å². The molecule has 2 aromatic carbocycles. The summed E-state index contributed by atoms with van der Waals surface area (Å²) >= 11 is 0. The van der Waals surface area contributed by atoms with Crippen LogP contribution < -0.4 is 4.74 Å². The second-order valence-corrected chi connectivity index (χ2v) is 3.79. The van der Waals surface area contributed by atoms with E-state index in [1.807, 2.05) is 30.3 Å². The molecule has 0 bridgehead atoms. The smallest absolute Gasteiger partial charge is 0.139 e. The van der Waals surface area contributed by atoms with Crippen LogP contribution in [0.15, 0.2) is 40.8 Å². The van der Waals surface area contributed by atoms with E-state index in [-0.39, 0.29) is 0 Å². The van der Waals surface area contributed by atoms with E-state index in [2.05, 4.69) is 6.07 Å². The molecule has 3 heteroatoms. The number of hydrogen-bond acceptors (Lipinski definition) is 3. The van der Waals surface area contributed by atoms with Crippen LogP contribution in [0.25, 0.3) is 21.9 Å². The molecule has 3 aromatic rings. The average molecular weight is 223 g/mol. The van der Waals surface area contributed by atoms with Crippen LogP contribution in [0, 0.1) is 11.3 Å². The molecule has 3 rings (SSSR count). The minimum atomic E-state index is 0.635. The van der Waals surface area contributed by atoms with Crippen molar-refractivity contribution in [3.8, 4) is 11.8 Å². The van der Waals surface area contributed by atoms with Crippen LogP contribution in [0.1, 0.15) is 5.56 Å². The molecule has 0 aliphatic heterocycles. The summed E-state index contributed by atoms with van der Waals surface area (Å²) in [6.45, 7) is 0. The van der Waals surface area contributed by atoms with Gasteiger partial charge in [-0.15, -0.1) is 0 Å². The number of rotatable bonds is 1. The largest absolute Gasteiger partial charge is 0.497 e. The molecule has 1 aromatic heterocycles. The Bertz CT molecular complexity index is 750. The van der Waals surface area contributed by atoms with Crippen molar-refractivity contribution in [2.45, 2.75) is 0 Å². The van der Waals surface area contributed by atoms with E-state index in [1.54, 1.807) is 13.2 Å². The highest BCUT2D eigenvalue weighted by Gasteiger charge is 2.08. The van der Waals surface area contributed by atoms with E-state index in [4.69, 9.17) is 14.4 Å². The molecule has 0 saturated heterocycles. The van der Waals surface area contributed by atoms with Gasteiger partial charge < -0.3 is 9.15 Å². The topological polar surface area (TPSA) is 46.2 Å². The summed E-state index contributed by atoms with van der Waals surface area (Å²) in [7, 11) is 1.62. The maximum Gasteiger partial charge on any atom is 0.139 e. The maximum absolute atomic E-state index is 8.89. The second-order valence-electron chi connectivity index (χ2n) is 3.79. The third-order valence-electron chi connectivity index (χ3n) is 2.81.